The Morgan fingerprint density at radius 1 is 1.57 bits per heavy atom. The molecule has 1 unspecified atom stereocenters. The second-order valence-corrected chi connectivity index (χ2v) is 3.77. The molecule has 0 bridgehead atoms. The maximum atomic E-state index is 11.6. The van der Waals surface area contributed by atoms with Crippen LogP contribution in [0.25, 0.3) is 0 Å². The second-order valence-electron chi connectivity index (χ2n) is 3.77. The lowest BCUT2D eigenvalue weighted by atomic mass is 9.98. The predicted octanol–water partition coefficient (Wildman–Crippen LogP) is 2.07. The standard InChI is InChI=1S/C11H20N2O/c1-4-10(14)13-8-6-7-9(3)11(13)12-5-2/h9H,4-8H2,1-3H3. The molecule has 1 aliphatic heterocycles. The Morgan fingerprint density at radius 2 is 2.29 bits per heavy atom. The van der Waals surface area contributed by atoms with Crippen LogP contribution in [0.2, 0.25) is 0 Å². The SMILES string of the molecule is CCN=C1C(C)CCCN1C(=O)CC. The van der Waals surface area contributed by atoms with Crippen LogP contribution in [0, 0.1) is 5.92 Å². The zero-order chi connectivity index (χ0) is 10.6. The van der Waals surface area contributed by atoms with Crippen molar-refractivity contribution in [1.82, 2.24) is 4.90 Å². The zero-order valence-electron chi connectivity index (χ0n) is 9.42. The number of hydrogen-bond donors (Lipinski definition) is 0. The topological polar surface area (TPSA) is 32.7 Å². The number of piperidine rings is 1. The molecule has 80 valence electrons. The summed E-state index contributed by atoms with van der Waals surface area (Å²) < 4.78 is 0. The quantitative estimate of drug-likeness (QED) is 0.665. The van der Waals surface area contributed by atoms with Gasteiger partial charge >= 0.3 is 0 Å². The largest absolute Gasteiger partial charge is 0.300 e. The number of likely N-dealkylation sites (tertiary alicyclic amines) is 1. The fourth-order valence-electron chi connectivity index (χ4n) is 1.91. The van der Waals surface area contributed by atoms with E-state index in [9.17, 15) is 4.79 Å². The van der Waals surface area contributed by atoms with Crippen molar-refractivity contribution in [3.63, 3.8) is 0 Å². The van der Waals surface area contributed by atoms with E-state index in [-0.39, 0.29) is 5.91 Å². The highest BCUT2D eigenvalue weighted by Crippen LogP contribution is 2.19. The van der Waals surface area contributed by atoms with Crippen molar-refractivity contribution in [1.29, 1.82) is 0 Å². The first-order valence-electron chi connectivity index (χ1n) is 5.55. The third-order valence-corrected chi connectivity index (χ3v) is 2.66. The molecule has 1 saturated heterocycles. The number of aliphatic imine (C=N–C) groups is 1. The number of amides is 1. The van der Waals surface area contributed by atoms with Gasteiger partial charge in [-0.05, 0) is 19.8 Å². The van der Waals surface area contributed by atoms with E-state index in [0.29, 0.717) is 12.3 Å². The zero-order valence-corrected chi connectivity index (χ0v) is 9.42. The molecule has 0 radical (unpaired) electrons. The average Bonchev–Trinajstić information content (AvgIpc) is 2.20. The summed E-state index contributed by atoms with van der Waals surface area (Å²) in [4.78, 5) is 18.0. The molecule has 1 aliphatic rings. The molecule has 1 atom stereocenters. The van der Waals surface area contributed by atoms with Crippen molar-refractivity contribution in [3.8, 4) is 0 Å². The highest BCUT2D eigenvalue weighted by Gasteiger charge is 2.26. The lowest BCUT2D eigenvalue weighted by molar-refractivity contribution is -0.127. The van der Waals surface area contributed by atoms with E-state index in [1.165, 1.54) is 0 Å². The summed E-state index contributed by atoms with van der Waals surface area (Å²) in [5, 5.41) is 0. The van der Waals surface area contributed by atoms with E-state index in [2.05, 4.69) is 11.9 Å². The number of carbonyl (C=O) groups excluding carboxylic acids is 1. The number of hydrogen-bond acceptors (Lipinski definition) is 2. The minimum atomic E-state index is 0.212. The molecule has 0 aromatic carbocycles. The van der Waals surface area contributed by atoms with Crippen molar-refractivity contribution in [2.45, 2.75) is 40.0 Å². The lowest BCUT2D eigenvalue weighted by Gasteiger charge is -2.32. The van der Waals surface area contributed by atoms with Crippen LogP contribution < -0.4 is 0 Å². The molecule has 14 heavy (non-hydrogen) atoms. The molecule has 0 aromatic heterocycles. The number of nitrogens with zero attached hydrogens (tertiary/aromatic N) is 2. The third-order valence-electron chi connectivity index (χ3n) is 2.66. The smallest absolute Gasteiger partial charge is 0.227 e. The number of rotatable bonds is 2. The molecule has 0 aliphatic carbocycles. The van der Waals surface area contributed by atoms with Gasteiger partial charge in [0.2, 0.25) is 5.91 Å². The number of amidine groups is 1. The normalized spacial score (nSPS) is 25.5. The van der Waals surface area contributed by atoms with Crippen molar-refractivity contribution < 1.29 is 4.79 Å². The molecular formula is C11H20N2O. The fourth-order valence-corrected chi connectivity index (χ4v) is 1.91. The van der Waals surface area contributed by atoms with Crippen LogP contribution in [0.5, 0.6) is 0 Å². The van der Waals surface area contributed by atoms with Gasteiger partial charge in [0.15, 0.2) is 0 Å². The summed E-state index contributed by atoms with van der Waals surface area (Å²) in [6.45, 7) is 7.71. The van der Waals surface area contributed by atoms with Gasteiger partial charge in [-0.1, -0.05) is 13.8 Å². The first-order chi connectivity index (χ1) is 6.70. The minimum absolute atomic E-state index is 0.212. The fraction of sp³-hybridized carbons (Fsp3) is 0.818. The molecule has 1 rings (SSSR count). The van der Waals surface area contributed by atoms with Crippen molar-refractivity contribution in [2.75, 3.05) is 13.1 Å². The van der Waals surface area contributed by atoms with E-state index in [1.807, 2.05) is 18.7 Å². The Morgan fingerprint density at radius 3 is 2.86 bits per heavy atom. The van der Waals surface area contributed by atoms with Crippen LogP contribution in [0.4, 0.5) is 0 Å². The van der Waals surface area contributed by atoms with Gasteiger partial charge in [0.1, 0.15) is 5.84 Å². The van der Waals surface area contributed by atoms with Gasteiger partial charge in [0.05, 0.1) is 0 Å². The highest BCUT2D eigenvalue weighted by molar-refractivity contribution is 5.99. The van der Waals surface area contributed by atoms with Crippen LogP contribution in [0.1, 0.15) is 40.0 Å². The van der Waals surface area contributed by atoms with Gasteiger partial charge in [-0.15, -0.1) is 0 Å². The van der Waals surface area contributed by atoms with Gasteiger partial charge in [-0.25, -0.2) is 0 Å². The Balaban J connectivity index is 2.80. The van der Waals surface area contributed by atoms with Crippen LogP contribution in [0.3, 0.4) is 0 Å². The van der Waals surface area contributed by atoms with Crippen LogP contribution in [-0.4, -0.2) is 29.7 Å². The molecule has 0 saturated carbocycles. The molecule has 3 heteroatoms. The Kier molecular flexibility index (Phi) is 4.11. The third kappa shape index (κ3) is 2.34. The lowest BCUT2D eigenvalue weighted by Crippen LogP contribution is -2.44. The maximum absolute atomic E-state index is 11.6. The van der Waals surface area contributed by atoms with Gasteiger partial charge < -0.3 is 4.90 Å². The first-order valence-corrected chi connectivity index (χ1v) is 5.55. The van der Waals surface area contributed by atoms with Gasteiger partial charge in [-0.3, -0.25) is 9.79 Å². The predicted molar refractivity (Wildman–Crippen MR) is 58.4 cm³/mol. The first kappa shape index (κ1) is 11.2. The molecule has 0 N–H and O–H groups in total. The van der Waals surface area contributed by atoms with E-state index in [4.69, 9.17) is 0 Å². The molecule has 1 amide bonds. The summed E-state index contributed by atoms with van der Waals surface area (Å²) in [5.41, 5.74) is 0. The van der Waals surface area contributed by atoms with Crippen LogP contribution >= 0.6 is 0 Å². The summed E-state index contributed by atoms with van der Waals surface area (Å²) in [6, 6.07) is 0. The summed E-state index contributed by atoms with van der Waals surface area (Å²) in [6.07, 6.45) is 2.84. The molecular weight excluding hydrogens is 176 g/mol. The Labute approximate surface area is 86.2 Å². The summed E-state index contributed by atoms with van der Waals surface area (Å²) in [7, 11) is 0. The monoisotopic (exact) mass is 196 g/mol. The Bertz CT molecular complexity index is 235. The maximum Gasteiger partial charge on any atom is 0.227 e. The Hall–Kier alpha value is -0.860. The van der Waals surface area contributed by atoms with Gasteiger partial charge in [-0.2, -0.15) is 0 Å². The van der Waals surface area contributed by atoms with Crippen LogP contribution in [-0.2, 0) is 4.79 Å². The van der Waals surface area contributed by atoms with Crippen molar-refractivity contribution >= 4 is 11.7 Å². The molecule has 0 spiro atoms. The molecule has 0 aromatic rings. The van der Waals surface area contributed by atoms with Crippen LogP contribution in [0.15, 0.2) is 4.99 Å². The van der Waals surface area contributed by atoms with Crippen molar-refractivity contribution in [2.24, 2.45) is 10.9 Å². The van der Waals surface area contributed by atoms with Crippen molar-refractivity contribution in [3.05, 3.63) is 0 Å². The summed E-state index contributed by atoms with van der Waals surface area (Å²) in [5.74, 6) is 1.66. The molecule has 1 fully saturated rings. The molecule has 1 heterocycles. The average molecular weight is 196 g/mol. The molecule has 3 nitrogen and oxygen atoms in total. The van der Waals surface area contributed by atoms with Gasteiger partial charge in [0.25, 0.3) is 0 Å². The highest BCUT2D eigenvalue weighted by atomic mass is 16.2. The van der Waals surface area contributed by atoms with E-state index in [0.717, 1.165) is 31.8 Å². The number of carbonyl (C=O) groups is 1. The van der Waals surface area contributed by atoms with Gasteiger partial charge in [0, 0.05) is 25.4 Å². The van der Waals surface area contributed by atoms with E-state index in [1.54, 1.807) is 0 Å². The summed E-state index contributed by atoms with van der Waals surface area (Å²) >= 11 is 0. The minimum Gasteiger partial charge on any atom is -0.300 e. The second kappa shape index (κ2) is 5.13. The van der Waals surface area contributed by atoms with E-state index < -0.39 is 0 Å². The van der Waals surface area contributed by atoms with E-state index >= 15 is 0 Å².